The summed E-state index contributed by atoms with van der Waals surface area (Å²) in [5, 5.41) is 31.4. The Hall–Kier alpha value is -3.58. The van der Waals surface area contributed by atoms with Gasteiger partial charge in [-0.3, -0.25) is 14.4 Å². The van der Waals surface area contributed by atoms with E-state index in [0.717, 1.165) is 77.0 Å². The van der Waals surface area contributed by atoms with Crippen molar-refractivity contribution in [2.75, 3.05) is 13.2 Å². The SMILES string of the molecule is CC/C=C\C/C=C\C/C=C\C/C=C\CCC(=O)OC(COC(=O)CCCCCCCCCCCCCCCCCCC)COC1OC(C(=O)O)C(O)C(O)C1OC(=O)CCCCCCC/C=C\CCCC. The van der Waals surface area contributed by atoms with Crippen LogP contribution in [0.25, 0.3) is 0 Å². The fourth-order valence-electron chi connectivity index (χ4n) is 8.24. The van der Waals surface area contributed by atoms with Gasteiger partial charge in [0.2, 0.25) is 0 Å². The first kappa shape index (κ1) is 65.4. The molecule has 1 rings (SSSR count). The summed E-state index contributed by atoms with van der Waals surface area (Å²) in [5.41, 5.74) is 0. The summed E-state index contributed by atoms with van der Waals surface area (Å²) < 4.78 is 28.2. The van der Waals surface area contributed by atoms with Crippen LogP contribution in [0.2, 0.25) is 0 Å². The number of carboxylic acids is 1. The molecule has 0 aromatic heterocycles. The van der Waals surface area contributed by atoms with E-state index in [1.807, 2.05) is 12.2 Å². The van der Waals surface area contributed by atoms with Crippen LogP contribution in [-0.2, 0) is 42.9 Å². The summed E-state index contributed by atoms with van der Waals surface area (Å²) >= 11 is 0. The van der Waals surface area contributed by atoms with E-state index in [2.05, 4.69) is 69.4 Å². The lowest BCUT2D eigenvalue weighted by Gasteiger charge is -2.40. The molecular formula is C59H100O12. The number of esters is 3. The molecule has 408 valence electrons. The molecule has 0 saturated carbocycles. The minimum atomic E-state index is -1.91. The third-order valence-corrected chi connectivity index (χ3v) is 12.6. The Labute approximate surface area is 430 Å². The number of ether oxygens (including phenoxy) is 5. The number of hydrogen-bond donors (Lipinski definition) is 3. The van der Waals surface area contributed by atoms with Crippen molar-refractivity contribution < 1.29 is 58.2 Å². The van der Waals surface area contributed by atoms with Crippen LogP contribution >= 0.6 is 0 Å². The fraction of sp³-hybridized carbons (Fsp3) is 0.763. The summed E-state index contributed by atoms with van der Waals surface area (Å²) in [7, 11) is 0. The summed E-state index contributed by atoms with van der Waals surface area (Å²) in [6.45, 7) is 5.77. The maximum Gasteiger partial charge on any atom is 0.335 e. The molecule has 12 nitrogen and oxygen atoms in total. The molecule has 0 aromatic carbocycles. The normalized spacial score (nSPS) is 18.9. The largest absolute Gasteiger partial charge is 0.479 e. The Balaban J connectivity index is 2.72. The zero-order valence-corrected chi connectivity index (χ0v) is 44.7. The number of rotatable bonds is 47. The first-order chi connectivity index (χ1) is 34.6. The van der Waals surface area contributed by atoms with Crippen LogP contribution < -0.4 is 0 Å². The predicted octanol–water partition coefficient (Wildman–Crippen LogP) is 14.0. The van der Waals surface area contributed by atoms with Gasteiger partial charge < -0.3 is 39.0 Å². The van der Waals surface area contributed by atoms with E-state index in [0.29, 0.717) is 25.7 Å². The highest BCUT2D eigenvalue weighted by molar-refractivity contribution is 5.74. The molecule has 71 heavy (non-hydrogen) atoms. The second-order valence-electron chi connectivity index (χ2n) is 19.2. The second-order valence-corrected chi connectivity index (χ2v) is 19.2. The fourth-order valence-corrected chi connectivity index (χ4v) is 8.24. The number of carbonyl (C=O) groups is 4. The van der Waals surface area contributed by atoms with Gasteiger partial charge in [0.1, 0.15) is 18.8 Å². The molecule has 1 saturated heterocycles. The first-order valence-electron chi connectivity index (χ1n) is 28.3. The molecule has 0 amide bonds. The van der Waals surface area contributed by atoms with E-state index < -0.39 is 67.3 Å². The summed E-state index contributed by atoms with van der Waals surface area (Å²) in [5.74, 6) is -3.23. The zero-order chi connectivity index (χ0) is 51.8. The van der Waals surface area contributed by atoms with E-state index >= 15 is 0 Å². The minimum Gasteiger partial charge on any atom is -0.479 e. The highest BCUT2D eigenvalue weighted by Gasteiger charge is 2.50. The highest BCUT2D eigenvalue weighted by Crippen LogP contribution is 2.26. The quantitative estimate of drug-likeness (QED) is 0.0228. The van der Waals surface area contributed by atoms with Crippen molar-refractivity contribution in [3.05, 3.63) is 60.8 Å². The van der Waals surface area contributed by atoms with Crippen LogP contribution in [0.1, 0.15) is 239 Å². The van der Waals surface area contributed by atoms with Gasteiger partial charge in [-0.25, -0.2) is 4.79 Å². The van der Waals surface area contributed by atoms with Crippen molar-refractivity contribution in [1.29, 1.82) is 0 Å². The smallest absolute Gasteiger partial charge is 0.335 e. The average Bonchev–Trinajstić information content (AvgIpc) is 3.35. The topological polar surface area (TPSA) is 175 Å². The Morgan fingerprint density at radius 3 is 1.45 bits per heavy atom. The van der Waals surface area contributed by atoms with Crippen molar-refractivity contribution in [3.8, 4) is 0 Å². The molecule has 0 bridgehead atoms. The van der Waals surface area contributed by atoms with Gasteiger partial charge in [0.05, 0.1) is 6.61 Å². The molecule has 6 unspecified atom stereocenters. The number of aliphatic hydroxyl groups excluding tert-OH is 2. The molecule has 6 atom stereocenters. The number of carboxylic acid groups (broad SMARTS) is 1. The third kappa shape index (κ3) is 37.8. The average molecular weight is 1000 g/mol. The number of hydrogen-bond acceptors (Lipinski definition) is 11. The molecule has 0 aliphatic carbocycles. The minimum absolute atomic E-state index is 0.0419. The van der Waals surface area contributed by atoms with Crippen LogP contribution in [0.15, 0.2) is 60.8 Å². The summed E-state index contributed by atoms with van der Waals surface area (Å²) in [4.78, 5) is 50.9. The Morgan fingerprint density at radius 2 is 0.930 bits per heavy atom. The van der Waals surface area contributed by atoms with Crippen molar-refractivity contribution in [1.82, 2.24) is 0 Å². The standard InChI is InChI=1S/C59H100O12/c1-4-7-10-13-16-19-22-24-25-26-27-29-31-33-36-39-42-45-51(60)67-48-50(69-52(61)46-43-40-37-35-32-28-23-20-17-14-11-8-5-2)49-68-59-57(55(64)54(63)56(71-59)58(65)66)70-53(62)47-44-41-38-34-30-21-18-15-12-9-6-3/h8,11,15,17-18,20,28,32,37,40,50,54-57,59,63-64H,4-7,9-10,12-14,16,19,21-27,29-31,33-36,38-39,41-49H2,1-3H3,(H,65,66)/b11-8-,18-15-,20-17-,32-28-,40-37-. The Bertz CT molecular complexity index is 1470. The lowest BCUT2D eigenvalue weighted by Crippen LogP contribution is -2.61. The highest BCUT2D eigenvalue weighted by atomic mass is 16.7. The van der Waals surface area contributed by atoms with E-state index in [1.54, 1.807) is 0 Å². The van der Waals surface area contributed by atoms with Gasteiger partial charge >= 0.3 is 23.9 Å². The number of carbonyl (C=O) groups excluding carboxylic acids is 3. The van der Waals surface area contributed by atoms with E-state index in [1.165, 1.54) is 96.3 Å². The molecule has 0 spiro atoms. The van der Waals surface area contributed by atoms with Crippen LogP contribution in [0.3, 0.4) is 0 Å². The molecule has 1 aliphatic heterocycles. The van der Waals surface area contributed by atoms with Crippen molar-refractivity contribution in [2.45, 2.75) is 276 Å². The molecule has 1 fully saturated rings. The van der Waals surface area contributed by atoms with Crippen molar-refractivity contribution >= 4 is 23.9 Å². The molecule has 1 heterocycles. The van der Waals surface area contributed by atoms with E-state index in [4.69, 9.17) is 23.7 Å². The van der Waals surface area contributed by atoms with Gasteiger partial charge in [0.15, 0.2) is 24.6 Å². The van der Waals surface area contributed by atoms with Crippen LogP contribution in [0.5, 0.6) is 0 Å². The molecule has 12 heteroatoms. The molecule has 3 N–H and O–H groups in total. The first-order valence-corrected chi connectivity index (χ1v) is 28.3. The molecular weight excluding hydrogens is 901 g/mol. The van der Waals surface area contributed by atoms with Crippen LogP contribution in [0.4, 0.5) is 0 Å². The summed E-state index contributed by atoms with van der Waals surface area (Å²) in [6.07, 6.45) is 45.1. The molecule has 0 aromatic rings. The monoisotopic (exact) mass is 1000 g/mol. The van der Waals surface area contributed by atoms with Crippen LogP contribution in [0, 0.1) is 0 Å². The predicted molar refractivity (Wildman–Crippen MR) is 285 cm³/mol. The van der Waals surface area contributed by atoms with Gasteiger partial charge in [0, 0.05) is 19.3 Å². The lowest BCUT2D eigenvalue weighted by atomic mass is 9.98. The maximum absolute atomic E-state index is 13.1. The van der Waals surface area contributed by atoms with Gasteiger partial charge in [-0.1, -0.05) is 216 Å². The molecule has 1 aliphatic rings. The van der Waals surface area contributed by atoms with Gasteiger partial charge in [0.25, 0.3) is 0 Å². The third-order valence-electron chi connectivity index (χ3n) is 12.6. The van der Waals surface area contributed by atoms with E-state index in [-0.39, 0.29) is 25.9 Å². The number of allylic oxidation sites excluding steroid dienone is 10. The number of aliphatic hydroxyl groups is 2. The zero-order valence-electron chi connectivity index (χ0n) is 44.7. The Kier molecular flexibility index (Phi) is 43.7. The maximum atomic E-state index is 13.1. The van der Waals surface area contributed by atoms with E-state index in [9.17, 15) is 34.5 Å². The van der Waals surface area contributed by atoms with Crippen molar-refractivity contribution in [2.24, 2.45) is 0 Å². The van der Waals surface area contributed by atoms with Gasteiger partial charge in [-0.2, -0.15) is 0 Å². The van der Waals surface area contributed by atoms with Gasteiger partial charge in [-0.05, 0) is 64.2 Å². The number of unbranched alkanes of at least 4 members (excludes halogenated alkanes) is 23. The van der Waals surface area contributed by atoms with Crippen LogP contribution in [-0.4, -0.2) is 89.2 Å². The second kappa shape index (κ2) is 47.4. The Morgan fingerprint density at radius 1 is 0.479 bits per heavy atom. The van der Waals surface area contributed by atoms with Gasteiger partial charge in [-0.15, -0.1) is 0 Å². The number of aliphatic carboxylic acids is 1. The summed E-state index contributed by atoms with van der Waals surface area (Å²) in [6, 6.07) is 0. The lowest BCUT2D eigenvalue weighted by molar-refractivity contribution is -0.301. The molecule has 0 radical (unpaired) electrons. The van der Waals surface area contributed by atoms with Crippen molar-refractivity contribution in [3.63, 3.8) is 0 Å².